The molecule has 3 aromatic carbocycles. The quantitative estimate of drug-likeness (QED) is 0.277. The average molecular weight is 523 g/mol. The van der Waals surface area contributed by atoms with E-state index in [9.17, 15) is 9.59 Å². The van der Waals surface area contributed by atoms with E-state index in [0.29, 0.717) is 51.1 Å². The number of hydrogen-bond donors (Lipinski definition) is 1. The molecular formula is C28H28Cl2N4O2. The van der Waals surface area contributed by atoms with Crippen molar-refractivity contribution >= 4 is 45.8 Å². The first-order valence-corrected chi connectivity index (χ1v) is 12.8. The Kier molecular flexibility index (Phi) is 7.97. The minimum atomic E-state index is -0.457. The average Bonchev–Trinajstić information content (AvgIpc) is 2.89. The summed E-state index contributed by atoms with van der Waals surface area (Å²) in [6, 6.07) is 19.3. The number of fused-ring (bicyclic) bond motifs is 1. The number of benzene rings is 3. The molecule has 4 aromatic rings. The third-order valence-electron chi connectivity index (χ3n) is 6.24. The van der Waals surface area contributed by atoms with Crippen molar-refractivity contribution in [1.82, 2.24) is 14.5 Å². The van der Waals surface area contributed by atoms with Crippen LogP contribution in [0.4, 0.5) is 10.5 Å². The molecule has 0 aliphatic heterocycles. The van der Waals surface area contributed by atoms with Gasteiger partial charge in [0.25, 0.3) is 5.56 Å². The van der Waals surface area contributed by atoms with Crippen molar-refractivity contribution in [2.75, 3.05) is 11.9 Å². The normalized spacial score (nSPS) is 11.9. The van der Waals surface area contributed by atoms with Crippen LogP contribution in [0.3, 0.4) is 0 Å². The number of urea groups is 1. The summed E-state index contributed by atoms with van der Waals surface area (Å²) in [5.41, 5.74) is 2.84. The molecule has 1 heterocycles. The standard InChI is InChI=1S/C28H28Cl2N4O2/c1-4-18-11-14-20(15-12-18)34-26(32-24-10-8-7-9-21(24)27(34)35)25(5-2)33(6-3)28(36)31-19-13-16-22(29)23(30)17-19/h7-17,25H,4-6H2,1-3H3,(H,31,36). The highest BCUT2D eigenvalue weighted by Gasteiger charge is 2.28. The molecule has 36 heavy (non-hydrogen) atoms. The van der Waals surface area contributed by atoms with E-state index in [0.717, 1.165) is 6.42 Å². The first kappa shape index (κ1) is 25.7. The molecule has 0 radical (unpaired) electrons. The van der Waals surface area contributed by atoms with Crippen molar-refractivity contribution in [1.29, 1.82) is 0 Å². The minimum absolute atomic E-state index is 0.167. The van der Waals surface area contributed by atoms with Gasteiger partial charge >= 0.3 is 6.03 Å². The first-order valence-electron chi connectivity index (χ1n) is 12.0. The van der Waals surface area contributed by atoms with E-state index in [-0.39, 0.29) is 11.6 Å². The van der Waals surface area contributed by atoms with Crippen LogP contribution >= 0.6 is 23.2 Å². The predicted molar refractivity (Wildman–Crippen MR) is 148 cm³/mol. The topological polar surface area (TPSA) is 67.2 Å². The van der Waals surface area contributed by atoms with Crippen LogP contribution < -0.4 is 10.9 Å². The molecule has 2 amide bonds. The highest BCUT2D eigenvalue weighted by molar-refractivity contribution is 6.42. The maximum absolute atomic E-state index is 13.7. The van der Waals surface area contributed by atoms with Gasteiger partial charge in [-0.05, 0) is 67.8 Å². The zero-order valence-electron chi connectivity index (χ0n) is 20.5. The molecular weight excluding hydrogens is 495 g/mol. The van der Waals surface area contributed by atoms with Crippen molar-refractivity contribution in [3.05, 3.63) is 98.5 Å². The lowest BCUT2D eigenvalue weighted by Crippen LogP contribution is -2.40. The Labute approximate surface area is 220 Å². The van der Waals surface area contributed by atoms with Crippen LogP contribution in [0.25, 0.3) is 16.6 Å². The lowest BCUT2D eigenvalue weighted by molar-refractivity contribution is 0.185. The summed E-state index contributed by atoms with van der Waals surface area (Å²) in [4.78, 5) is 33.7. The second kappa shape index (κ2) is 11.1. The van der Waals surface area contributed by atoms with E-state index in [1.165, 1.54) is 5.56 Å². The van der Waals surface area contributed by atoms with E-state index >= 15 is 0 Å². The monoisotopic (exact) mass is 522 g/mol. The lowest BCUT2D eigenvalue weighted by atomic mass is 10.1. The van der Waals surface area contributed by atoms with Gasteiger partial charge in [0, 0.05) is 12.2 Å². The molecule has 1 atom stereocenters. The minimum Gasteiger partial charge on any atom is -0.315 e. The largest absolute Gasteiger partial charge is 0.322 e. The summed E-state index contributed by atoms with van der Waals surface area (Å²) in [6.07, 6.45) is 1.45. The van der Waals surface area contributed by atoms with Gasteiger partial charge in [0.15, 0.2) is 0 Å². The third-order valence-corrected chi connectivity index (χ3v) is 6.98. The maximum Gasteiger partial charge on any atom is 0.322 e. The lowest BCUT2D eigenvalue weighted by Gasteiger charge is -2.31. The van der Waals surface area contributed by atoms with Crippen LogP contribution in [0.5, 0.6) is 0 Å². The molecule has 1 unspecified atom stereocenters. The van der Waals surface area contributed by atoms with Crippen molar-refractivity contribution in [3.8, 4) is 5.69 Å². The number of aryl methyl sites for hydroxylation is 1. The van der Waals surface area contributed by atoms with Crippen LogP contribution in [-0.4, -0.2) is 27.0 Å². The first-order chi connectivity index (χ1) is 17.4. The number of carbonyl (C=O) groups is 1. The van der Waals surface area contributed by atoms with Gasteiger partial charge in [-0.1, -0.05) is 61.3 Å². The Morgan fingerprint density at radius 2 is 1.72 bits per heavy atom. The van der Waals surface area contributed by atoms with E-state index < -0.39 is 6.04 Å². The van der Waals surface area contributed by atoms with E-state index in [1.54, 1.807) is 33.7 Å². The van der Waals surface area contributed by atoms with Crippen LogP contribution in [0.2, 0.25) is 10.0 Å². The number of amides is 2. The maximum atomic E-state index is 13.7. The van der Waals surface area contributed by atoms with Gasteiger partial charge in [-0.15, -0.1) is 0 Å². The number of anilines is 1. The Hall–Kier alpha value is -3.35. The molecule has 0 saturated carbocycles. The smallest absolute Gasteiger partial charge is 0.315 e. The summed E-state index contributed by atoms with van der Waals surface area (Å²) in [5, 5.41) is 4.19. The van der Waals surface area contributed by atoms with Gasteiger partial charge < -0.3 is 10.2 Å². The molecule has 0 aliphatic rings. The third kappa shape index (κ3) is 5.11. The number of aromatic nitrogens is 2. The zero-order valence-corrected chi connectivity index (χ0v) is 22.0. The molecule has 4 rings (SSSR count). The second-order valence-corrected chi connectivity index (χ2v) is 9.23. The Morgan fingerprint density at radius 1 is 1.00 bits per heavy atom. The second-order valence-electron chi connectivity index (χ2n) is 8.42. The summed E-state index contributed by atoms with van der Waals surface area (Å²) < 4.78 is 1.63. The zero-order chi connectivity index (χ0) is 25.8. The fourth-order valence-corrected chi connectivity index (χ4v) is 4.62. The summed E-state index contributed by atoms with van der Waals surface area (Å²) in [7, 11) is 0. The van der Waals surface area contributed by atoms with E-state index in [4.69, 9.17) is 28.2 Å². The number of carbonyl (C=O) groups excluding carboxylic acids is 1. The van der Waals surface area contributed by atoms with Crippen molar-refractivity contribution < 1.29 is 4.79 Å². The van der Waals surface area contributed by atoms with Crippen molar-refractivity contribution in [2.24, 2.45) is 0 Å². The highest BCUT2D eigenvalue weighted by Crippen LogP contribution is 2.28. The molecule has 1 aromatic heterocycles. The molecule has 6 nitrogen and oxygen atoms in total. The van der Waals surface area contributed by atoms with E-state index in [2.05, 4.69) is 12.2 Å². The number of nitrogens with zero attached hydrogens (tertiary/aromatic N) is 3. The number of nitrogens with one attached hydrogen (secondary N) is 1. The van der Waals surface area contributed by atoms with E-state index in [1.807, 2.05) is 56.3 Å². The molecule has 8 heteroatoms. The van der Waals surface area contributed by atoms with Gasteiger partial charge in [-0.25, -0.2) is 9.78 Å². The van der Waals surface area contributed by atoms with Crippen LogP contribution in [0.1, 0.15) is 44.6 Å². The number of rotatable bonds is 7. The van der Waals surface area contributed by atoms with Gasteiger partial charge in [0.2, 0.25) is 0 Å². The highest BCUT2D eigenvalue weighted by atomic mass is 35.5. The van der Waals surface area contributed by atoms with Crippen molar-refractivity contribution in [3.63, 3.8) is 0 Å². The van der Waals surface area contributed by atoms with Crippen LogP contribution in [-0.2, 0) is 6.42 Å². The molecule has 0 spiro atoms. The Bertz CT molecular complexity index is 1450. The van der Waals surface area contributed by atoms with Crippen LogP contribution in [0.15, 0.2) is 71.5 Å². The summed E-state index contributed by atoms with van der Waals surface area (Å²) in [5.74, 6) is 0.511. The number of para-hydroxylation sites is 1. The summed E-state index contributed by atoms with van der Waals surface area (Å²) >= 11 is 12.2. The van der Waals surface area contributed by atoms with Gasteiger partial charge in [0.1, 0.15) is 5.82 Å². The van der Waals surface area contributed by atoms with Gasteiger partial charge in [-0.2, -0.15) is 0 Å². The SMILES string of the molecule is CCc1ccc(-n2c(C(CC)N(CC)C(=O)Nc3ccc(Cl)c(Cl)c3)nc3ccccc3c2=O)cc1. The predicted octanol–water partition coefficient (Wildman–Crippen LogP) is 7.26. The Morgan fingerprint density at radius 3 is 2.36 bits per heavy atom. The molecule has 0 fully saturated rings. The van der Waals surface area contributed by atoms with Gasteiger partial charge in [-0.3, -0.25) is 9.36 Å². The fraction of sp³-hybridized carbons (Fsp3) is 0.250. The van der Waals surface area contributed by atoms with Crippen molar-refractivity contribution in [2.45, 2.75) is 39.7 Å². The molecule has 186 valence electrons. The molecule has 1 N–H and O–H groups in total. The molecule has 0 saturated heterocycles. The Balaban J connectivity index is 1.83. The molecule has 0 aliphatic carbocycles. The fourth-order valence-electron chi connectivity index (χ4n) is 4.32. The van der Waals surface area contributed by atoms with Gasteiger partial charge in [0.05, 0.1) is 32.7 Å². The summed E-state index contributed by atoms with van der Waals surface area (Å²) in [6.45, 7) is 6.37. The number of hydrogen-bond acceptors (Lipinski definition) is 3. The van der Waals surface area contributed by atoms with Crippen LogP contribution in [0, 0.1) is 0 Å². The number of halogens is 2. The molecule has 0 bridgehead atoms.